The van der Waals surface area contributed by atoms with Gasteiger partial charge in [-0.05, 0) is 18.2 Å². The minimum atomic E-state index is -0.481. The van der Waals surface area contributed by atoms with E-state index in [9.17, 15) is 9.18 Å². The molecule has 106 valence electrons. The van der Waals surface area contributed by atoms with E-state index in [1.165, 1.54) is 42.5 Å². The molecular weight excluding hydrogens is 295 g/mol. The van der Waals surface area contributed by atoms with Crippen LogP contribution in [0.25, 0.3) is 0 Å². The number of hydrogen-bond acceptors (Lipinski definition) is 4. The zero-order valence-corrected chi connectivity index (χ0v) is 11.8. The Morgan fingerprint density at radius 3 is 2.90 bits per heavy atom. The van der Waals surface area contributed by atoms with E-state index >= 15 is 0 Å². The van der Waals surface area contributed by atoms with Gasteiger partial charge in [-0.15, -0.1) is 0 Å². The molecule has 0 N–H and O–H groups in total. The third-order valence-corrected chi connectivity index (χ3v) is 2.94. The van der Waals surface area contributed by atoms with Crippen molar-refractivity contribution in [3.63, 3.8) is 0 Å². The fourth-order valence-corrected chi connectivity index (χ4v) is 1.88. The minimum absolute atomic E-state index is 0.00831. The molecule has 0 radical (unpaired) electrons. The van der Waals surface area contributed by atoms with Crippen LogP contribution in [0.3, 0.4) is 0 Å². The van der Waals surface area contributed by atoms with Crippen molar-refractivity contribution in [3.05, 3.63) is 58.4 Å². The largest absolute Gasteiger partial charge is 0.336 e. The molecule has 0 saturated carbocycles. The Kier molecular flexibility index (Phi) is 4.45. The summed E-state index contributed by atoms with van der Waals surface area (Å²) in [7, 11) is 1.50. The van der Waals surface area contributed by atoms with Gasteiger partial charge in [0.05, 0.1) is 24.0 Å². The van der Waals surface area contributed by atoms with Gasteiger partial charge in [0, 0.05) is 19.2 Å². The van der Waals surface area contributed by atoms with Crippen LogP contribution in [0.4, 0.5) is 4.39 Å². The molecule has 0 unspecified atom stereocenters. The van der Waals surface area contributed by atoms with Crippen LogP contribution < -0.4 is 0 Å². The lowest BCUT2D eigenvalue weighted by Gasteiger charge is -2.17. The van der Waals surface area contributed by atoms with Gasteiger partial charge in [-0.2, -0.15) is 5.26 Å². The molecule has 2 aromatic rings. The molecule has 5 nitrogen and oxygen atoms in total. The molecule has 0 saturated heterocycles. The zero-order chi connectivity index (χ0) is 15.4. The molecule has 7 heteroatoms. The van der Waals surface area contributed by atoms with Crippen molar-refractivity contribution in [2.24, 2.45) is 0 Å². The van der Waals surface area contributed by atoms with E-state index in [1.807, 2.05) is 6.07 Å². The van der Waals surface area contributed by atoms with Crippen LogP contribution in [0.5, 0.6) is 0 Å². The van der Waals surface area contributed by atoms with Crippen molar-refractivity contribution in [2.45, 2.75) is 6.54 Å². The molecule has 0 aliphatic rings. The SMILES string of the molecule is CN(Cc1cc(C#N)ccc1F)C(=O)c1cncc(Cl)n1. The highest BCUT2D eigenvalue weighted by Gasteiger charge is 2.16. The fourth-order valence-electron chi connectivity index (χ4n) is 1.73. The number of aromatic nitrogens is 2. The normalized spacial score (nSPS) is 10.0. The van der Waals surface area contributed by atoms with E-state index in [4.69, 9.17) is 16.9 Å². The quantitative estimate of drug-likeness (QED) is 0.873. The fraction of sp³-hybridized carbons (Fsp3) is 0.143. The van der Waals surface area contributed by atoms with Gasteiger partial charge >= 0.3 is 0 Å². The van der Waals surface area contributed by atoms with Gasteiger partial charge in [-0.3, -0.25) is 9.78 Å². The summed E-state index contributed by atoms with van der Waals surface area (Å²) in [5.41, 5.74) is 0.650. The minimum Gasteiger partial charge on any atom is -0.336 e. The number of hydrogen-bond donors (Lipinski definition) is 0. The molecule has 0 spiro atoms. The van der Waals surface area contributed by atoms with Gasteiger partial charge < -0.3 is 4.90 Å². The number of nitriles is 1. The van der Waals surface area contributed by atoms with Crippen molar-refractivity contribution in [3.8, 4) is 6.07 Å². The summed E-state index contributed by atoms with van der Waals surface area (Å²) in [5.74, 6) is -0.919. The van der Waals surface area contributed by atoms with Crippen LogP contribution in [0.2, 0.25) is 5.15 Å². The van der Waals surface area contributed by atoms with E-state index in [0.717, 1.165) is 0 Å². The molecule has 21 heavy (non-hydrogen) atoms. The maximum Gasteiger partial charge on any atom is 0.274 e. The van der Waals surface area contributed by atoms with Crippen LogP contribution in [-0.4, -0.2) is 27.8 Å². The average Bonchev–Trinajstić information content (AvgIpc) is 2.48. The molecule has 0 fully saturated rings. The van der Waals surface area contributed by atoms with E-state index in [-0.39, 0.29) is 23.0 Å². The van der Waals surface area contributed by atoms with E-state index in [2.05, 4.69) is 9.97 Å². The maximum absolute atomic E-state index is 13.7. The predicted molar refractivity (Wildman–Crippen MR) is 74.0 cm³/mol. The Morgan fingerprint density at radius 1 is 1.48 bits per heavy atom. The van der Waals surface area contributed by atoms with Crippen molar-refractivity contribution in [1.29, 1.82) is 5.26 Å². The molecule has 2 rings (SSSR count). The molecule has 0 aliphatic heterocycles. The first kappa shape index (κ1) is 14.9. The first-order chi connectivity index (χ1) is 10.0. The second kappa shape index (κ2) is 6.29. The molecular formula is C14H10ClFN4O. The van der Waals surface area contributed by atoms with E-state index < -0.39 is 11.7 Å². The van der Waals surface area contributed by atoms with Gasteiger partial charge in [-0.1, -0.05) is 11.6 Å². The number of carbonyl (C=O) groups excluding carboxylic acids is 1. The van der Waals surface area contributed by atoms with Gasteiger partial charge in [0.25, 0.3) is 5.91 Å². The van der Waals surface area contributed by atoms with Gasteiger partial charge in [0.1, 0.15) is 16.7 Å². The second-order valence-corrected chi connectivity index (χ2v) is 4.69. The monoisotopic (exact) mass is 304 g/mol. The van der Waals surface area contributed by atoms with Crippen LogP contribution in [0.15, 0.2) is 30.6 Å². The molecule has 1 amide bonds. The van der Waals surface area contributed by atoms with Crippen molar-refractivity contribution >= 4 is 17.5 Å². The molecule has 0 bridgehead atoms. The zero-order valence-electron chi connectivity index (χ0n) is 11.0. The first-order valence-electron chi connectivity index (χ1n) is 5.93. The van der Waals surface area contributed by atoms with Gasteiger partial charge in [0.2, 0.25) is 0 Å². The number of benzene rings is 1. The number of amides is 1. The molecule has 1 heterocycles. The second-order valence-electron chi connectivity index (χ2n) is 4.31. The predicted octanol–water partition coefficient (Wildman–Crippen LogP) is 2.41. The summed E-state index contributed by atoms with van der Waals surface area (Å²) in [5, 5.41) is 8.92. The highest BCUT2D eigenvalue weighted by atomic mass is 35.5. The van der Waals surface area contributed by atoms with Crippen molar-refractivity contribution in [2.75, 3.05) is 7.05 Å². The number of nitrogens with zero attached hydrogens (tertiary/aromatic N) is 4. The third kappa shape index (κ3) is 3.52. The number of rotatable bonds is 3. The Morgan fingerprint density at radius 2 is 2.24 bits per heavy atom. The Hall–Kier alpha value is -2.52. The highest BCUT2D eigenvalue weighted by molar-refractivity contribution is 6.29. The van der Waals surface area contributed by atoms with E-state index in [0.29, 0.717) is 5.56 Å². The molecule has 1 aromatic carbocycles. The maximum atomic E-state index is 13.7. The topological polar surface area (TPSA) is 69.9 Å². The lowest BCUT2D eigenvalue weighted by Crippen LogP contribution is -2.27. The summed E-state index contributed by atoms with van der Waals surface area (Å²) >= 11 is 5.68. The number of carbonyl (C=O) groups is 1. The van der Waals surface area contributed by atoms with Crippen LogP contribution in [0.1, 0.15) is 21.6 Å². The molecule has 0 atom stereocenters. The highest BCUT2D eigenvalue weighted by Crippen LogP contribution is 2.14. The van der Waals surface area contributed by atoms with E-state index in [1.54, 1.807) is 0 Å². The van der Waals surface area contributed by atoms with Crippen LogP contribution in [0, 0.1) is 17.1 Å². The van der Waals surface area contributed by atoms with Gasteiger partial charge in [-0.25, -0.2) is 9.37 Å². The summed E-state index contributed by atoms with van der Waals surface area (Å²) in [6, 6.07) is 5.91. The number of halogens is 2. The summed E-state index contributed by atoms with van der Waals surface area (Å²) in [6.45, 7) is 0.00831. The Labute approximate surface area is 125 Å². The third-order valence-electron chi connectivity index (χ3n) is 2.75. The lowest BCUT2D eigenvalue weighted by molar-refractivity contribution is 0.0777. The Balaban J connectivity index is 2.20. The first-order valence-corrected chi connectivity index (χ1v) is 6.30. The summed E-state index contributed by atoms with van der Waals surface area (Å²) in [6.07, 6.45) is 2.60. The van der Waals surface area contributed by atoms with Crippen LogP contribution in [-0.2, 0) is 6.54 Å². The Bertz CT molecular complexity index is 729. The molecule has 0 aliphatic carbocycles. The molecule has 1 aromatic heterocycles. The average molecular weight is 305 g/mol. The standard InChI is InChI=1S/C14H10ClFN4O/c1-20(14(21)12-6-18-7-13(15)19-12)8-10-4-9(5-17)2-3-11(10)16/h2-4,6-7H,8H2,1H3. The van der Waals surface area contributed by atoms with Crippen LogP contribution >= 0.6 is 11.6 Å². The van der Waals surface area contributed by atoms with Crippen molar-refractivity contribution in [1.82, 2.24) is 14.9 Å². The summed E-state index contributed by atoms with van der Waals surface area (Å²) < 4.78 is 13.7. The smallest absolute Gasteiger partial charge is 0.274 e. The lowest BCUT2D eigenvalue weighted by atomic mass is 10.1. The van der Waals surface area contributed by atoms with Crippen molar-refractivity contribution < 1.29 is 9.18 Å². The summed E-state index contributed by atoms with van der Waals surface area (Å²) in [4.78, 5) is 21.1. The van der Waals surface area contributed by atoms with Gasteiger partial charge in [0.15, 0.2) is 0 Å².